The number of para-hydroxylation sites is 1. The third-order valence-electron chi connectivity index (χ3n) is 4.54. The summed E-state index contributed by atoms with van der Waals surface area (Å²) in [4.78, 5) is 12.6. The Labute approximate surface area is 160 Å². The third-order valence-corrected chi connectivity index (χ3v) is 6.46. The highest BCUT2D eigenvalue weighted by molar-refractivity contribution is 7.92. The van der Waals surface area contributed by atoms with Crippen LogP contribution in [0.15, 0.2) is 47.4 Å². The van der Waals surface area contributed by atoms with Gasteiger partial charge in [-0.2, -0.15) is 0 Å². The second-order valence-corrected chi connectivity index (χ2v) is 8.79. The van der Waals surface area contributed by atoms with Crippen LogP contribution in [0.5, 0.6) is 5.75 Å². The first-order valence-electron chi connectivity index (χ1n) is 8.87. The number of hydrogen-bond donors (Lipinski definition) is 1. The SMILES string of the molecule is COc1ccc(S(=O)(=O)N2c3ccccc3CC2C)cc1C(=O)NC(C)C. The molecule has 1 heterocycles. The van der Waals surface area contributed by atoms with Gasteiger partial charge in [0.05, 0.1) is 23.3 Å². The number of fused-ring (bicyclic) bond motifs is 1. The number of benzene rings is 2. The van der Waals surface area contributed by atoms with Crippen LogP contribution in [0.3, 0.4) is 0 Å². The molecule has 0 aromatic heterocycles. The Morgan fingerprint density at radius 3 is 2.59 bits per heavy atom. The molecule has 1 aliphatic heterocycles. The quantitative estimate of drug-likeness (QED) is 0.854. The van der Waals surface area contributed by atoms with Gasteiger partial charge in [0.25, 0.3) is 15.9 Å². The zero-order chi connectivity index (χ0) is 19.8. The number of methoxy groups -OCH3 is 1. The van der Waals surface area contributed by atoms with Crippen LogP contribution in [0.25, 0.3) is 0 Å². The van der Waals surface area contributed by atoms with Crippen molar-refractivity contribution in [3.05, 3.63) is 53.6 Å². The molecule has 1 unspecified atom stereocenters. The molecule has 6 nitrogen and oxygen atoms in total. The number of carbonyl (C=O) groups is 1. The number of nitrogens with one attached hydrogen (secondary N) is 1. The minimum atomic E-state index is -3.81. The molecule has 1 aliphatic rings. The fourth-order valence-electron chi connectivity index (χ4n) is 3.38. The Bertz CT molecular complexity index is 970. The van der Waals surface area contributed by atoms with E-state index < -0.39 is 10.0 Å². The number of amides is 1. The summed E-state index contributed by atoms with van der Waals surface area (Å²) in [6, 6.07) is 11.6. The average Bonchev–Trinajstić information content (AvgIpc) is 2.96. The van der Waals surface area contributed by atoms with Crippen molar-refractivity contribution in [1.82, 2.24) is 5.32 Å². The van der Waals surface area contributed by atoms with Crippen molar-refractivity contribution in [1.29, 1.82) is 0 Å². The highest BCUT2D eigenvalue weighted by Crippen LogP contribution is 2.37. The molecule has 1 amide bonds. The first-order valence-corrected chi connectivity index (χ1v) is 10.3. The average molecular weight is 388 g/mol. The van der Waals surface area contributed by atoms with E-state index in [1.807, 2.05) is 45.0 Å². The minimum absolute atomic E-state index is 0.0701. The van der Waals surface area contributed by atoms with Crippen LogP contribution < -0.4 is 14.4 Å². The van der Waals surface area contributed by atoms with E-state index in [0.29, 0.717) is 17.9 Å². The van der Waals surface area contributed by atoms with E-state index in [0.717, 1.165) is 5.56 Å². The maximum Gasteiger partial charge on any atom is 0.264 e. The smallest absolute Gasteiger partial charge is 0.264 e. The lowest BCUT2D eigenvalue weighted by atomic mass is 10.1. The van der Waals surface area contributed by atoms with Crippen LogP contribution in [0.2, 0.25) is 0 Å². The van der Waals surface area contributed by atoms with Gasteiger partial charge in [-0.3, -0.25) is 9.10 Å². The van der Waals surface area contributed by atoms with Crippen molar-refractivity contribution in [2.24, 2.45) is 0 Å². The van der Waals surface area contributed by atoms with Gasteiger partial charge in [0.15, 0.2) is 0 Å². The maximum absolute atomic E-state index is 13.4. The molecule has 0 radical (unpaired) electrons. The normalized spacial score (nSPS) is 16.3. The van der Waals surface area contributed by atoms with Crippen molar-refractivity contribution >= 4 is 21.6 Å². The Balaban J connectivity index is 2.07. The van der Waals surface area contributed by atoms with Gasteiger partial charge in [-0.05, 0) is 57.0 Å². The van der Waals surface area contributed by atoms with Crippen LogP contribution in [0.4, 0.5) is 5.69 Å². The fraction of sp³-hybridized carbons (Fsp3) is 0.350. The van der Waals surface area contributed by atoms with E-state index >= 15 is 0 Å². The molecule has 3 rings (SSSR count). The number of nitrogens with zero attached hydrogens (tertiary/aromatic N) is 1. The summed E-state index contributed by atoms with van der Waals surface area (Å²) < 4.78 is 33.4. The molecule has 0 bridgehead atoms. The lowest BCUT2D eigenvalue weighted by Crippen LogP contribution is -2.36. The van der Waals surface area contributed by atoms with Gasteiger partial charge >= 0.3 is 0 Å². The van der Waals surface area contributed by atoms with Gasteiger partial charge in [0, 0.05) is 12.1 Å². The monoisotopic (exact) mass is 388 g/mol. The van der Waals surface area contributed by atoms with Gasteiger partial charge in [0.1, 0.15) is 5.75 Å². The molecule has 0 saturated carbocycles. The molecule has 2 aromatic carbocycles. The van der Waals surface area contributed by atoms with Crippen LogP contribution in [-0.4, -0.2) is 33.5 Å². The van der Waals surface area contributed by atoms with E-state index in [-0.39, 0.29) is 28.4 Å². The van der Waals surface area contributed by atoms with Crippen LogP contribution in [-0.2, 0) is 16.4 Å². The second-order valence-electron chi connectivity index (χ2n) is 6.97. The molecule has 144 valence electrons. The van der Waals surface area contributed by atoms with Gasteiger partial charge in [-0.15, -0.1) is 0 Å². The van der Waals surface area contributed by atoms with Gasteiger partial charge in [-0.25, -0.2) is 8.42 Å². The topological polar surface area (TPSA) is 75.7 Å². The molecule has 0 saturated heterocycles. The second kappa shape index (κ2) is 7.23. The molecule has 27 heavy (non-hydrogen) atoms. The number of rotatable bonds is 5. The van der Waals surface area contributed by atoms with E-state index in [9.17, 15) is 13.2 Å². The molecule has 1 N–H and O–H groups in total. The number of ether oxygens (including phenoxy) is 1. The molecule has 0 spiro atoms. The Morgan fingerprint density at radius 2 is 1.93 bits per heavy atom. The summed E-state index contributed by atoms with van der Waals surface area (Å²) in [5.74, 6) is -0.0317. The number of hydrogen-bond acceptors (Lipinski definition) is 4. The highest BCUT2D eigenvalue weighted by Gasteiger charge is 2.36. The summed E-state index contributed by atoms with van der Waals surface area (Å²) >= 11 is 0. The predicted octanol–water partition coefficient (Wildman–Crippen LogP) is 2.97. The van der Waals surface area contributed by atoms with Gasteiger partial charge < -0.3 is 10.1 Å². The fourth-order valence-corrected chi connectivity index (χ4v) is 5.10. The van der Waals surface area contributed by atoms with Crippen molar-refractivity contribution < 1.29 is 17.9 Å². The molecule has 0 fully saturated rings. The summed E-state index contributed by atoms with van der Waals surface area (Å²) in [5.41, 5.74) is 1.89. The summed E-state index contributed by atoms with van der Waals surface area (Å²) in [5, 5.41) is 2.78. The highest BCUT2D eigenvalue weighted by atomic mass is 32.2. The van der Waals surface area contributed by atoms with E-state index in [4.69, 9.17) is 4.74 Å². The number of anilines is 1. The molecule has 1 atom stereocenters. The third kappa shape index (κ3) is 3.51. The van der Waals surface area contributed by atoms with Crippen molar-refractivity contribution in [2.75, 3.05) is 11.4 Å². The Hall–Kier alpha value is -2.54. The molecule has 0 aliphatic carbocycles. The minimum Gasteiger partial charge on any atom is -0.496 e. The van der Waals surface area contributed by atoms with Crippen LogP contribution in [0.1, 0.15) is 36.7 Å². The van der Waals surface area contributed by atoms with Gasteiger partial charge in [0.2, 0.25) is 0 Å². The van der Waals surface area contributed by atoms with Crippen molar-refractivity contribution in [3.8, 4) is 5.75 Å². The van der Waals surface area contributed by atoms with E-state index in [2.05, 4.69) is 5.32 Å². The van der Waals surface area contributed by atoms with Crippen LogP contribution in [0, 0.1) is 0 Å². The molecular weight excluding hydrogens is 364 g/mol. The van der Waals surface area contributed by atoms with Gasteiger partial charge in [-0.1, -0.05) is 18.2 Å². The van der Waals surface area contributed by atoms with Crippen molar-refractivity contribution in [2.45, 2.75) is 44.2 Å². The lowest BCUT2D eigenvalue weighted by Gasteiger charge is -2.25. The Kier molecular flexibility index (Phi) is 5.15. The van der Waals surface area contributed by atoms with E-state index in [1.165, 1.54) is 29.6 Å². The first kappa shape index (κ1) is 19.2. The number of carbonyl (C=O) groups excluding carboxylic acids is 1. The zero-order valence-corrected chi connectivity index (χ0v) is 16.7. The summed E-state index contributed by atoms with van der Waals surface area (Å²) in [6.07, 6.45) is 0.659. The molecule has 7 heteroatoms. The molecule has 2 aromatic rings. The standard InChI is InChI=1S/C20H24N2O4S/c1-13(2)21-20(23)17-12-16(9-10-19(17)26-4)27(24,25)22-14(3)11-15-7-5-6-8-18(15)22/h5-10,12-14H,11H2,1-4H3,(H,21,23). The maximum atomic E-state index is 13.4. The van der Waals surface area contributed by atoms with E-state index in [1.54, 1.807) is 0 Å². The summed E-state index contributed by atoms with van der Waals surface area (Å²) in [6.45, 7) is 5.56. The summed E-state index contributed by atoms with van der Waals surface area (Å²) in [7, 11) is -2.36. The Morgan fingerprint density at radius 1 is 1.22 bits per heavy atom. The number of sulfonamides is 1. The first-order chi connectivity index (χ1) is 12.8. The lowest BCUT2D eigenvalue weighted by molar-refractivity contribution is 0.0940. The molecular formula is C20H24N2O4S. The predicted molar refractivity (Wildman–Crippen MR) is 105 cm³/mol. The van der Waals surface area contributed by atoms with Crippen molar-refractivity contribution in [3.63, 3.8) is 0 Å². The largest absolute Gasteiger partial charge is 0.496 e. The van der Waals surface area contributed by atoms with Crippen LogP contribution >= 0.6 is 0 Å². The zero-order valence-electron chi connectivity index (χ0n) is 15.9.